The maximum Gasteiger partial charge on any atom is 0.314 e. The molecule has 0 bridgehead atoms. The number of hydrogen-bond donors (Lipinski definition) is 3. The fourth-order valence-electron chi connectivity index (χ4n) is 1.96. The summed E-state index contributed by atoms with van der Waals surface area (Å²) in [6.07, 6.45) is 9.50. The molecule has 0 aromatic heterocycles. The fourth-order valence-corrected chi connectivity index (χ4v) is 2.03. The van der Waals surface area contributed by atoms with Crippen LogP contribution in [0, 0.1) is 0 Å². The highest BCUT2D eigenvalue weighted by molar-refractivity contribution is 6.35. The van der Waals surface area contributed by atoms with Crippen LogP contribution in [0.3, 0.4) is 0 Å². The summed E-state index contributed by atoms with van der Waals surface area (Å²) in [5.41, 5.74) is 5.56. The number of allylic oxidation sites excluding steroid dienone is 4. The number of rotatable bonds is 4. The lowest BCUT2D eigenvalue weighted by atomic mass is 9.95. The van der Waals surface area contributed by atoms with Gasteiger partial charge in [0.15, 0.2) is 0 Å². The molecule has 0 saturated heterocycles. The van der Waals surface area contributed by atoms with Gasteiger partial charge in [-0.3, -0.25) is 9.59 Å². The van der Waals surface area contributed by atoms with E-state index < -0.39 is 11.8 Å². The third-order valence-corrected chi connectivity index (χ3v) is 3.30. The SMILES string of the molecule is C=C/C(Cl)=C\C=C(/N)NC(=O)C(=O)NC1CCCCC1. The number of halogens is 1. The van der Waals surface area contributed by atoms with Gasteiger partial charge >= 0.3 is 11.8 Å². The molecule has 0 aromatic carbocycles. The van der Waals surface area contributed by atoms with Crippen LogP contribution in [0.4, 0.5) is 0 Å². The van der Waals surface area contributed by atoms with Crippen molar-refractivity contribution >= 4 is 23.4 Å². The Kier molecular flexibility index (Phi) is 6.87. The molecular formula is C14H20ClN3O2. The minimum absolute atomic E-state index is 0.0498. The van der Waals surface area contributed by atoms with Crippen LogP contribution >= 0.6 is 11.6 Å². The highest BCUT2D eigenvalue weighted by Crippen LogP contribution is 2.17. The maximum absolute atomic E-state index is 11.7. The van der Waals surface area contributed by atoms with Crippen LogP contribution in [0.15, 0.2) is 35.7 Å². The molecule has 0 spiro atoms. The first kappa shape index (κ1) is 16.3. The van der Waals surface area contributed by atoms with Crippen molar-refractivity contribution in [2.75, 3.05) is 0 Å². The second-order valence-corrected chi connectivity index (χ2v) is 5.08. The van der Waals surface area contributed by atoms with Crippen molar-refractivity contribution in [2.24, 2.45) is 5.73 Å². The molecule has 1 aliphatic rings. The molecule has 4 N–H and O–H groups in total. The number of carbonyl (C=O) groups is 2. The Balaban J connectivity index is 2.44. The monoisotopic (exact) mass is 297 g/mol. The van der Waals surface area contributed by atoms with E-state index in [0.29, 0.717) is 5.03 Å². The molecule has 2 amide bonds. The van der Waals surface area contributed by atoms with E-state index in [0.717, 1.165) is 25.7 Å². The van der Waals surface area contributed by atoms with Crippen molar-refractivity contribution in [3.8, 4) is 0 Å². The topological polar surface area (TPSA) is 84.2 Å². The summed E-state index contributed by atoms with van der Waals surface area (Å²) in [6, 6.07) is 0.0855. The van der Waals surface area contributed by atoms with Crippen molar-refractivity contribution in [3.05, 3.63) is 35.7 Å². The van der Waals surface area contributed by atoms with Gasteiger partial charge in [0, 0.05) is 11.1 Å². The van der Waals surface area contributed by atoms with Crippen molar-refractivity contribution < 1.29 is 9.59 Å². The van der Waals surface area contributed by atoms with E-state index >= 15 is 0 Å². The average molecular weight is 298 g/mol. The van der Waals surface area contributed by atoms with Gasteiger partial charge < -0.3 is 16.4 Å². The van der Waals surface area contributed by atoms with Gasteiger partial charge in [-0.25, -0.2) is 0 Å². The van der Waals surface area contributed by atoms with Crippen LogP contribution in [-0.2, 0) is 9.59 Å². The van der Waals surface area contributed by atoms with E-state index in [1.807, 2.05) is 0 Å². The zero-order valence-corrected chi connectivity index (χ0v) is 12.1. The third-order valence-electron chi connectivity index (χ3n) is 3.02. The Morgan fingerprint density at radius 1 is 1.15 bits per heavy atom. The number of amides is 2. The average Bonchev–Trinajstić information content (AvgIpc) is 2.45. The summed E-state index contributed by atoms with van der Waals surface area (Å²) in [5.74, 6) is -1.38. The molecule has 1 fully saturated rings. The lowest BCUT2D eigenvalue weighted by Crippen LogP contribution is -2.45. The molecule has 0 aromatic rings. The molecule has 1 saturated carbocycles. The molecule has 110 valence electrons. The summed E-state index contributed by atoms with van der Waals surface area (Å²) < 4.78 is 0. The predicted octanol–water partition coefficient (Wildman–Crippen LogP) is 1.66. The molecular weight excluding hydrogens is 278 g/mol. The lowest BCUT2D eigenvalue weighted by molar-refractivity contribution is -0.139. The van der Waals surface area contributed by atoms with Crippen LogP contribution in [0.5, 0.6) is 0 Å². The normalized spacial score (nSPS) is 17.4. The van der Waals surface area contributed by atoms with Crippen LogP contribution in [-0.4, -0.2) is 17.9 Å². The van der Waals surface area contributed by atoms with Gasteiger partial charge in [0.2, 0.25) is 0 Å². The van der Waals surface area contributed by atoms with E-state index in [4.69, 9.17) is 17.3 Å². The van der Waals surface area contributed by atoms with Gasteiger partial charge in [-0.1, -0.05) is 43.5 Å². The van der Waals surface area contributed by atoms with Crippen molar-refractivity contribution in [1.29, 1.82) is 0 Å². The Bertz CT molecular complexity index is 438. The summed E-state index contributed by atoms with van der Waals surface area (Å²) in [6.45, 7) is 3.47. The van der Waals surface area contributed by atoms with E-state index in [1.165, 1.54) is 24.6 Å². The number of carbonyl (C=O) groups excluding carboxylic acids is 2. The highest BCUT2D eigenvalue weighted by atomic mass is 35.5. The summed E-state index contributed by atoms with van der Waals surface area (Å²) >= 11 is 5.69. The van der Waals surface area contributed by atoms with Gasteiger partial charge in [-0.15, -0.1) is 0 Å². The smallest absolute Gasteiger partial charge is 0.314 e. The quantitative estimate of drug-likeness (QED) is 0.545. The molecule has 0 atom stereocenters. The first-order valence-electron chi connectivity index (χ1n) is 6.60. The van der Waals surface area contributed by atoms with Gasteiger partial charge in [0.05, 0.1) is 0 Å². The molecule has 1 rings (SSSR count). The number of hydrogen-bond acceptors (Lipinski definition) is 3. The second kappa shape index (κ2) is 8.43. The predicted molar refractivity (Wildman–Crippen MR) is 79.6 cm³/mol. The Hall–Kier alpha value is -1.75. The van der Waals surface area contributed by atoms with Gasteiger partial charge in [0.25, 0.3) is 0 Å². The Morgan fingerprint density at radius 3 is 2.40 bits per heavy atom. The van der Waals surface area contributed by atoms with Crippen LogP contribution in [0.25, 0.3) is 0 Å². The van der Waals surface area contributed by atoms with Crippen molar-refractivity contribution in [1.82, 2.24) is 10.6 Å². The molecule has 0 aliphatic heterocycles. The van der Waals surface area contributed by atoms with Gasteiger partial charge in [-0.2, -0.15) is 0 Å². The minimum atomic E-state index is -0.771. The van der Waals surface area contributed by atoms with Crippen molar-refractivity contribution in [3.63, 3.8) is 0 Å². The molecule has 0 heterocycles. The van der Waals surface area contributed by atoms with E-state index in [2.05, 4.69) is 17.2 Å². The summed E-state index contributed by atoms with van der Waals surface area (Å²) in [5, 5.41) is 5.39. The zero-order valence-electron chi connectivity index (χ0n) is 11.3. The first-order chi connectivity index (χ1) is 9.52. The van der Waals surface area contributed by atoms with Gasteiger partial charge in [-0.05, 0) is 25.0 Å². The molecule has 5 nitrogen and oxygen atoms in total. The maximum atomic E-state index is 11.7. The molecule has 0 radical (unpaired) electrons. The zero-order chi connectivity index (χ0) is 15.0. The van der Waals surface area contributed by atoms with E-state index in [9.17, 15) is 9.59 Å². The highest BCUT2D eigenvalue weighted by Gasteiger charge is 2.20. The van der Waals surface area contributed by atoms with E-state index in [-0.39, 0.29) is 11.9 Å². The molecule has 6 heteroatoms. The molecule has 0 unspecified atom stereocenters. The van der Waals surface area contributed by atoms with E-state index in [1.54, 1.807) is 0 Å². The molecule has 20 heavy (non-hydrogen) atoms. The largest absolute Gasteiger partial charge is 0.385 e. The van der Waals surface area contributed by atoms with Crippen LogP contribution in [0.2, 0.25) is 0 Å². The van der Waals surface area contributed by atoms with Gasteiger partial charge in [0.1, 0.15) is 5.82 Å². The summed E-state index contributed by atoms with van der Waals surface area (Å²) in [7, 11) is 0. The minimum Gasteiger partial charge on any atom is -0.385 e. The Labute approximate surface area is 123 Å². The third kappa shape index (κ3) is 5.93. The second-order valence-electron chi connectivity index (χ2n) is 4.64. The lowest BCUT2D eigenvalue weighted by Gasteiger charge is -2.22. The fraction of sp³-hybridized carbons (Fsp3) is 0.429. The first-order valence-corrected chi connectivity index (χ1v) is 6.98. The number of nitrogens with one attached hydrogen (secondary N) is 2. The number of nitrogens with two attached hydrogens (primary N) is 1. The van der Waals surface area contributed by atoms with Crippen LogP contribution in [0.1, 0.15) is 32.1 Å². The summed E-state index contributed by atoms with van der Waals surface area (Å²) in [4.78, 5) is 23.3. The van der Waals surface area contributed by atoms with Crippen LogP contribution < -0.4 is 16.4 Å². The Morgan fingerprint density at radius 2 is 1.80 bits per heavy atom. The standard InChI is InChI=1S/C14H20ClN3O2/c1-2-10(15)8-9-12(16)18-14(20)13(19)17-11-6-4-3-5-7-11/h2,8-9,11H,1,3-7,16H2,(H,17,19)(H,18,20)/b10-8+,12-9+. The molecule has 1 aliphatic carbocycles. The van der Waals surface area contributed by atoms with Crippen molar-refractivity contribution in [2.45, 2.75) is 38.1 Å².